The van der Waals surface area contributed by atoms with Crippen molar-refractivity contribution in [2.45, 2.75) is 6.92 Å². The fraction of sp³-hybridized carbons (Fsp3) is 0.0370. The number of esters is 1. The molecule has 0 saturated carbocycles. The molecule has 7 nitrogen and oxygen atoms in total. The molecule has 4 aromatic carbocycles. The van der Waals surface area contributed by atoms with Gasteiger partial charge < -0.3 is 10.1 Å². The number of carbonyl (C=O) groups excluding carboxylic acids is 3. The largest absolute Gasteiger partial charge is 0.422 e. The first-order valence-electron chi connectivity index (χ1n) is 10.6. The molecule has 0 unspecified atom stereocenters. The summed E-state index contributed by atoms with van der Waals surface area (Å²) in [4.78, 5) is 37.1. The fourth-order valence-corrected chi connectivity index (χ4v) is 3.49. The maximum atomic E-state index is 12.7. The summed E-state index contributed by atoms with van der Waals surface area (Å²) < 4.78 is 5.61. The lowest BCUT2D eigenvalue weighted by atomic mass is 10.0. The van der Waals surface area contributed by atoms with Crippen molar-refractivity contribution in [1.29, 1.82) is 0 Å². The monoisotopic (exact) mass is 485 g/mol. The van der Waals surface area contributed by atoms with Gasteiger partial charge >= 0.3 is 17.8 Å². The normalized spacial score (nSPS) is 10.8. The first-order chi connectivity index (χ1) is 16.9. The quantitative estimate of drug-likeness (QED) is 0.135. The molecule has 4 aromatic rings. The van der Waals surface area contributed by atoms with Crippen molar-refractivity contribution >= 4 is 52.1 Å². The Hall–Kier alpha value is -4.49. The summed E-state index contributed by atoms with van der Waals surface area (Å²) in [6.07, 6.45) is 1.34. The van der Waals surface area contributed by atoms with Gasteiger partial charge in [0.15, 0.2) is 0 Å². The predicted molar refractivity (Wildman–Crippen MR) is 136 cm³/mol. The summed E-state index contributed by atoms with van der Waals surface area (Å²) in [5.74, 6) is -2.14. The third-order valence-corrected chi connectivity index (χ3v) is 5.31. The Morgan fingerprint density at radius 3 is 2.43 bits per heavy atom. The molecule has 0 spiro atoms. The Kier molecular flexibility index (Phi) is 7.18. The van der Waals surface area contributed by atoms with Crippen LogP contribution in [-0.2, 0) is 9.59 Å². The van der Waals surface area contributed by atoms with Gasteiger partial charge in [0.2, 0.25) is 0 Å². The van der Waals surface area contributed by atoms with Gasteiger partial charge in [0.1, 0.15) is 5.75 Å². The lowest BCUT2D eigenvalue weighted by molar-refractivity contribution is -0.136. The number of benzene rings is 4. The molecular formula is C27H20ClN3O4. The van der Waals surface area contributed by atoms with E-state index in [1.54, 1.807) is 48.5 Å². The number of hydrogen-bond donors (Lipinski definition) is 2. The van der Waals surface area contributed by atoms with Crippen LogP contribution in [0.4, 0.5) is 5.69 Å². The molecule has 8 heteroatoms. The average molecular weight is 486 g/mol. The number of ether oxygens (including phenoxy) is 1. The lowest BCUT2D eigenvalue weighted by Gasteiger charge is -2.10. The van der Waals surface area contributed by atoms with Gasteiger partial charge in [-0.15, -0.1) is 0 Å². The second-order valence-corrected chi connectivity index (χ2v) is 8.05. The molecule has 0 aromatic heterocycles. The zero-order valence-corrected chi connectivity index (χ0v) is 19.4. The molecule has 4 rings (SSSR count). The van der Waals surface area contributed by atoms with Crippen molar-refractivity contribution in [1.82, 2.24) is 5.43 Å². The summed E-state index contributed by atoms with van der Waals surface area (Å²) in [5, 5.41) is 8.57. The Labute approximate surface area is 206 Å². The second kappa shape index (κ2) is 10.6. The zero-order valence-electron chi connectivity index (χ0n) is 18.6. The Morgan fingerprint density at radius 1 is 0.886 bits per heavy atom. The molecule has 2 amide bonds. The topological polar surface area (TPSA) is 96.9 Å². The maximum absolute atomic E-state index is 12.7. The van der Waals surface area contributed by atoms with E-state index in [0.29, 0.717) is 21.8 Å². The van der Waals surface area contributed by atoms with Gasteiger partial charge in [0, 0.05) is 16.3 Å². The van der Waals surface area contributed by atoms with Crippen LogP contribution in [0.25, 0.3) is 10.8 Å². The number of hydrazone groups is 1. The summed E-state index contributed by atoms with van der Waals surface area (Å²) >= 11 is 5.89. The van der Waals surface area contributed by atoms with Gasteiger partial charge in [0.25, 0.3) is 0 Å². The lowest BCUT2D eigenvalue weighted by Crippen LogP contribution is -2.32. The smallest absolute Gasteiger partial charge is 0.343 e. The molecule has 0 fully saturated rings. The highest BCUT2D eigenvalue weighted by Gasteiger charge is 2.15. The van der Waals surface area contributed by atoms with E-state index in [2.05, 4.69) is 15.8 Å². The molecule has 2 N–H and O–H groups in total. The van der Waals surface area contributed by atoms with Crippen molar-refractivity contribution < 1.29 is 19.1 Å². The first kappa shape index (κ1) is 23.7. The minimum absolute atomic E-state index is 0.242. The van der Waals surface area contributed by atoms with E-state index in [-0.39, 0.29) is 5.75 Å². The van der Waals surface area contributed by atoms with Gasteiger partial charge in [-0.3, -0.25) is 9.59 Å². The number of nitrogens with zero attached hydrogens (tertiary/aromatic N) is 1. The molecule has 0 saturated heterocycles. The van der Waals surface area contributed by atoms with Gasteiger partial charge in [-0.2, -0.15) is 5.10 Å². The maximum Gasteiger partial charge on any atom is 0.343 e. The van der Waals surface area contributed by atoms with E-state index in [9.17, 15) is 14.4 Å². The molecule has 0 aliphatic carbocycles. The SMILES string of the molecule is Cc1cccc(NC(=O)C(=O)N/N=C/c2c(OC(=O)c3ccc(Cl)cc3)ccc3ccccc23)c1. The number of hydrogen-bond acceptors (Lipinski definition) is 5. The highest BCUT2D eigenvalue weighted by molar-refractivity contribution is 6.39. The van der Waals surface area contributed by atoms with Gasteiger partial charge in [-0.05, 0) is 65.7 Å². The van der Waals surface area contributed by atoms with Crippen molar-refractivity contribution in [2.75, 3.05) is 5.32 Å². The summed E-state index contributed by atoms with van der Waals surface area (Å²) in [7, 11) is 0. The summed E-state index contributed by atoms with van der Waals surface area (Å²) in [5.41, 5.74) is 4.44. The Balaban J connectivity index is 1.54. The van der Waals surface area contributed by atoms with Crippen LogP contribution in [0.2, 0.25) is 5.02 Å². The number of amides is 2. The third kappa shape index (κ3) is 5.90. The zero-order chi connectivity index (χ0) is 24.8. The number of anilines is 1. The number of fused-ring (bicyclic) bond motifs is 1. The number of aryl methyl sites for hydroxylation is 1. The van der Waals surface area contributed by atoms with Crippen LogP contribution < -0.4 is 15.5 Å². The van der Waals surface area contributed by atoms with Crippen LogP contribution in [0.1, 0.15) is 21.5 Å². The molecule has 0 atom stereocenters. The predicted octanol–water partition coefficient (Wildman–Crippen LogP) is 5.11. The minimum Gasteiger partial charge on any atom is -0.422 e. The van der Waals surface area contributed by atoms with Gasteiger partial charge in [-0.25, -0.2) is 10.2 Å². The highest BCUT2D eigenvalue weighted by atomic mass is 35.5. The molecule has 0 bridgehead atoms. The summed E-state index contributed by atoms with van der Waals surface area (Å²) in [6.45, 7) is 1.88. The molecule has 0 radical (unpaired) electrons. The van der Waals surface area contributed by atoms with E-state index in [1.807, 2.05) is 43.3 Å². The second-order valence-electron chi connectivity index (χ2n) is 7.62. The third-order valence-electron chi connectivity index (χ3n) is 5.06. The summed E-state index contributed by atoms with van der Waals surface area (Å²) in [6, 6.07) is 24.3. The van der Waals surface area contributed by atoms with Crippen molar-refractivity contribution in [2.24, 2.45) is 5.10 Å². The number of halogens is 1. The number of nitrogens with one attached hydrogen (secondary N) is 2. The van der Waals surface area contributed by atoms with Crippen molar-refractivity contribution in [3.8, 4) is 5.75 Å². The van der Waals surface area contributed by atoms with Gasteiger partial charge in [-0.1, -0.05) is 54.1 Å². The molecule has 0 aliphatic heterocycles. The van der Waals surface area contributed by atoms with Crippen LogP contribution >= 0.6 is 11.6 Å². The Bertz CT molecular complexity index is 1450. The van der Waals surface area contributed by atoms with Crippen LogP contribution in [0, 0.1) is 6.92 Å². The van der Waals surface area contributed by atoms with Crippen molar-refractivity contribution in [3.63, 3.8) is 0 Å². The first-order valence-corrected chi connectivity index (χ1v) is 11.0. The molecule has 35 heavy (non-hydrogen) atoms. The average Bonchev–Trinajstić information content (AvgIpc) is 2.85. The molecular weight excluding hydrogens is 466 g/mol. The van der Waals surface area contributed by atoms with E-state index in [1.165, 1.54) is 6.21 Å². The Morgan fingerprint density at radius 2 is 1.66 bits per heavy atom. The number of carbonyl (C=O) groups is 3. The van der Waals surface area contributed by atoms with Crippen molar-refractivity contribution in [3.05, 3.63) is 107 Å². The van der Waals surface area contributed by atoms with Crippen LogP contribution in [0.3, 0.4) is 0 Å². The highest BCUT2D eigenvalue weighted by Crippen LogP contribution is 2.27. The minimum atomic E-state index is -0.942. The standard InChI is InChI=1S/C27H20ClN3O4/c1-17-5-4-7-21(15-17)30-25(32)26(33)31-29-16-23-22-8-3-2-6-18(22)11-14-24(23)35-27(34)19-9-12-20(28)13-10-19/h2-16H,1H3,(H,30,32)(H,31,33)/b29-16+. The number of rotatable bonds is 5. The van der Waals surface area contributed by atoms with Crippen LogP contribution in [-0.4, -0.2) is 24.0 Å². The molecule has 0 aliphatic rings. The molecule has 0 heterocycles. The van der Waals surface area contributed by atoms with E-state index >= 15 is 0 Å². The van der Waals surface area contributed by atoms with E-state index < -0.39 is 17.8 Å². The fourth-order valence-electron chi connectivity index (χ4n) is 3.36. The van der Waals surface area contributed by atoms with Gasteiger partial charge in [0.05, 0.1) is 11.8 Å². The van der Waals surface area contributed by atoms with E-state index in [4.69, 9.17) is 16.3 Å². The van der Waals surface area contributed by atoms with Crippen LogP contribution in [0.15, 0.2) is 90.0 Å². The molecule has 174 valence electrons. The van der Waals surface area contributed by atoms with Crippen LogP contribution in [0.5, 0.6) is 5.75 Å². The van der Waals surface area contributed by atoms with E-state index in [0.717, 1.165) is 16.3 Å².